The number of hydrogen-bond donors (Lipinski definition) is 2. The van der Waals surface area contributed by atoms with Crippen LogP contribution in [0.5, 0.6) is 5.75 Å². The maximum absolute atomic E-state index is 9.73. The van der Waals surface area contributed by atoms with E-state index in [0.717, 1.165) is 16.6 Å². The molecule has 0 amide bonds. The average molecular weight is 298 g/mol. The second-order valence-corrected chi connectivity index (χ2v) is 6.43. The van der Waals surface area contributed by atoms with Crippen LogP contribution in [0, 0.1) is 5.92 Å². The molecule has 0 bridgehead atoms. The van der Waals surface area contributed by atoms with E-state index in [2.05, 4.69) is 41.7 Å². The molecule has 0 spiro atoms. The second kappa shape index (κ2) is 5.74. The van der Waals surface area contributed by atoms with Crippen molar-refractivity contribution in [3.05, 3.63) is 52.9 Å². The molecule has 0 aliphatic heterocycles. The van der Waals surface area contributed by atoms with Crippen LogP contribution in [0.2, 0.25) is 0 Å². The Balaban J connectivity index is 2.02. The molecule has 2 aromatic heterocycles. The summed E-state index contributed by atoms with van der Waals surface area (Å²) in [4.78, 5) is 5.76. The van der Waals surface area contributed by atoms with E-state index in [0.29, 0.717) is 5.92 Å². The molecular formula is C17H18N2OS. The quantitative estimate of drug-likeness (QED) is 0.726. The van der Waals surface area contributed by atoms with Crippen LogP contribution < -0.4 is 5.32 Å². The topological polar surface area (TPSA) is 45.2 Å². The van der Waals surface area contributed by atoms with Gasteiger partial charge in [-0.15, -0.1) is 11.3 Å². The lowest BCUT2D eigenvalue weighted by atomic mass is 10.0. The van der Waals surface area contributed by atoms with Gasteiger partial charge in [-0.05, 0) is 40.9 Å². The molecule has 0 radical (unpaired) electrons. The minimum atomic E-state index is 0.213. The van der Waals surface area contributed by atoms with E-state index in [-0.39, 0.29) is 11.8 Å². The molecule has 3 rings (SSSR count). The van der Waals surface area contributed by atoms with Gasteiger partial charge in [-0.3, -0.25) is 0 Å². The first kappa shape index (κ1) is 13.9. The van der Waals surface area contributed by atoms with Crippen molar-refractivity contribution in [1.82, 2.24) is 4.98 Å². The van der Waals surface area contributed by atoms with Crippen molar-refractivity contribution in [2.75, 3.05) is 5.32 Å². The van der Waals surface area contributed by atoms with Crippen molar-refractivity contribution in [2.45, 2.75) is 19.9 Å². The molecular weight excluding hydrogens is 280 g/mol. The third-order valence-electron chi connectivity index (χ3n) is 3.56. The van der Waals surface area contributed by atoms with E-state index in [1.165, 1.54) is 4.88 Å². The van der Waals surface area contributed by atoms with Crippen molar-refractivity contribution in [1.29, 1.82) is 0 Å². The van der Waals surface area contributed by atoms with Gasteiger partial charge < -0.3 is 10.4 Å². The number of rotatable bonds is 4. The fraction of sp³-hybridized carbons (Fsp3) is 0.235. The molecule has 0 saturated heterocycles. The number of aromatic nitrogens is 1. The zero-order chi connectivity index (χ0) is 14.8. The molecule has 2 N–H and O–H groups in total. The van der Waals surface area contributed by atoms with Crippen molar-refractivity contribution in [3.63, 3.8) is 0 Å². The number of thiophene rings is 1. The Morgan fingerprint density at radius 3 is 2.76 bits per heavy atom. The standard InChI is InChI=1S/C17H18N2OS/c1-11(2)16(15-4-3-9-21-15)19-17-14-10-13(20)6-5-12(14)7-8-18-17/h3-11,16,20H,1-2H3,(H,18,19). The first-order chi connectivity index (χ1) is 10.1. The Morgan fingerprint density at radius 2 is 2.05 bits per heavy atom. The highest BCUT2D eigenvalue weighted by molar-refractivity contribution is 7.10. The predicted molar refractivity (Wildman–Crippen MR) is 88.9 cm³/mol. The van der Waals surface area contributed by atoms with E-state index < -0.39 is 0 Å². The van der Waals surface area contributed by atoms with Gasteiger partial charge in [0.05, 0.1) is 6.04 Å². The maximum atomic E-state index is 9.73. The van der Waals surface area contributed by atoms with Crippen molar-refractivity contribution in [3.8, 4) is 5.75 Å². The molecule has 0 aliphatic carbocycles. The highest BCUT2D eigenvalue weighted by atomic mass is 32.1. The molecule has 1 atom stereocenters. The maximum Gasteiger partial charge on any atom is 0.134 e. The molecule has 1 unspecified atom stereocenters. The highest BCUT2D eigenvalue weighted by Crippen LogP contribution is 2.32. The summed E-state index contributed by atoms with van der Waals surface area (Å²) in [6.45, 7) is 4.39. The SMILES string of the molecule is CC(C)C(Nc1nccc2ccc(O)cc12)c1cccs1. The second-order valence-electron chi connectivity index (χ2n) is 5.45. The molecule has 21 heavy (non-hydrogen) atoms. The Hall–Kier alpha value is -2.07. The Morgan fingerprint density at radius 1 is 1.19 bits per heavy atom. The van der Waals surface area contributed by atoms with E-state index in [9.17, 15) is 5.11 Å². The van der Waals surface area contributed by atoms with Gasteiger partial charge in [0.2, 0.25) is 0 Å². The van der Waals surface area contributed by atoms with Gasteiger partial charge in [0.15, 0.2) is 0 Å². The van der Waals surface area contributed by atoms with Crippen LogP contribution in [0.4, 0.5) is 5.82 Å². The zero-order valence-electron chi connectivity index (χ0n) is 12.1. The largest absolute Gasteiger partial charge is 0.508 e. The zero-order valence-corrected chi connectivity index (χ0v) is 12.9. The normalized spacial score (nSPS) is 12.7. The van der Waals surface area contributed by atoms with E-state index in [4.69, 9.17) is 0 Å². The van der Waals surface area contributed by atoms with Gasteiger partial charge in [0.1, 0.15) is 11.6 Å². The van der Waals surface area contributed by atoms with E-state index >= 15 is 0 Å². The average Bonchev–Trinajstić information content (AvgIpc) is 2.98. The molecule has 3 nitrogen and oxygen atoms in total. The summed E-state index contributed by atoms with van der Waals surface area (Å²) < 4.78 is 0. The number of hydrogen-bond acceptors (Lipinski definition) is 4. The third-order valence-corrected chi connectivity index (χ3v) is 4.51. The van der Waals surface area contributed by atoms with Gasteiger partial charge in [-0.1, -0.05) is 26.0 Å². The lowest BCUT2D eigenvalue weighted by molar-refractivity contribution is 0.476. The van der Waals surface area contributed by atoms with Crippen LogP contribution in [0.25, 0.3) is 10.8 Å². The van der Waals surface area contributed by atoms with E-state index in [1.807, 2.05) is 12.1 Å². The monoisotopic (exact) mass is 298 g/mol. The van der Waals surface area contributed by atoms with Crippen LogP contribution >= 0.6 is 11.3 Å². The fourth-order valence-corrected chi connectivity index (χ4v) is 3.40. The van der Waals surface area contributed by atoms with Gasteiger partial charge in [-0.25, -0.2) is 4.98 Å². The lowest BCUT2D eigenvalue weighted by Gasteiger charge is -2.22. The molecule has 3 aromatic rings. The number of pyridine rings is 1. The highest BCUT2D eigenvalue weighted by Gasteiger charge is 2.18. The van der Waals surface area contributed by atoms with Crippen molar-refractivity contribution in [2.24, 2.45) is 5.92 Å². The number of nitrogens with one attached hydrogen (secondary N) is 1. The first-order valence-corrected chi connectivity index (χ1v) is 7.91. The van der Waals surface area contributed by atoms with E-state index in [1.54, 1.807) is 29.7 Å². The van der Waals surface area contributed by atoms with Gasteiger partial charge in [-0.2, -0.15) is 0 Å². The number of phenols is 1. The Kier molecular flexibility index (Phi) is 3.80. The summed E-state index contributed by atoms with van der Waals surface area (Å²) in [5.74, 6) is 1.52. The minimum absolute atomic E-state index is 0.213. The molecule has 0 fully saturated rings. The summed E-state index contributed by atoms with van der Waals surface area (Å²) in [6.07, 6.45) is 1.80. The van der Waals surface area contributed by atoms with Crippen molar-refractivity contribution < 1.29 is 5.11 Å². The Labute approximate surface area is 128 Å². The number of anilines is 1. The fourth-order valence-electron chi connectivity index (χ4n) is 2.45. The number of aromatic hydroxyl groups is 1. The molecule has 1 aromatic carbocycles. The number of benzene rings is 1. The lowest BCUT2D eigenvalue weighted by Crippen LogP contribution is -2.16. The molecule has 0 aliphatic rings. The van der Waals surface area contributed by atoms with Crippen LogP contribution in [0.1, 0.15) is 24.8 Å². The summed E-state index contributed by atoms with van der Waals surface area (Å²) in [5, 5.41) is 17.4. The molecule has 0 saturated carbocycles. The minimum Gasteiger partial charge on any atom is -0.508 e. The first-order valence-electron chi connectivity index (χ1n) is 7.03. The number of phenolic OH excluding ortho intramolecular Hbond substituents is 1. The summed E-state index contributed by atoms with van der Waals surface area (Å²) >= 11 is 1.75. The summed E-state index contributed by atoms with van der Waals surface area (Å²) in [5.41, 5.74) is 0. The number of nitrogens with zero attached hydrogens (tertiary/aromatic N) is 1. The molecule has 4 heteroatoms. The van der Waals surface area contributed by atoms with Gasteiger partial charge in [0, 0.05) is 16.5 Å². The van der Waals surface area contributed by atoms with Crippen LogP contribution in [-0.4, -0.2) is 10.1 Å². The van der Waals surface area contributed by atoms with Crippen LogP contribution in [0.3, 0.4) is 0 Å². The summed E-state index contributed by atoms with van der Waals surface area (Å²) in [7, 11) is 0. The predicted octanol–water partition coefficient (Wildman–Crippen LogP) is 4.81. The smallest absolute Gasteiger partial charge is 0.134 e. The third kappa shape index (κ3) is 2.85. The van der Waals surface area contributed by atoms with Gasteiger partial charge in [0.25, 0.3) is 0 Å². The summed E-state index contributed by atoms with van der Waals surface area (Å²) in [6, 6.07) is 11.7. The molecule has 2 heterocycles. The van der Waals surface area contributed by atoms with Gasteiger partial charge >= 0.3 is 0 Å². The van der Waals surface area contributed by atoms with Crippen molar-refractivity contribution >= 4 is 27.9 Å². The van der Waals surface area contributed by atoms with Crippen LogP contribution in [-0.2, 0) is 0 Å². The Bertz CT molecular complexity index is 738. The number of fused-ring (bicyclic) bond motifs is 1. The molecule has 108 valence electrons. The van der Waals surface area contributed by atoms with Crippen LogP contribution in [0.15, 0.2) is 48.0 Å².